The summed E-state index contributed by atoms with van der Waals surface area (Å²) in [5.41, 5.74) is 6.95. The molecule has 20 heavy (non-hydrogen) atoms. The monoisotopic (exact) mass is 277 g/mol. The first-order valence-electron chi connectivity index (χ1n) is 6.88. The highest BCUT2D eigenvalue weighted by molar-refractivity contribution is 5.94. The van der Waals surface area contributed by atoms with E-state index in [1.807, 2.05) is 31.2 Å². The van der Waals surface area contributed by atoms with Gasteiger partial charge in [0.15, 0.2) is 0 Å². The van der Waals surface area contributed by atoms with Crippen LogP contribution >= 0.6 is 0 Å². The van der Waals surface area contributed by atoms with E-state index in [1.165, 1.54) is 0 Å². The molecule has 0 saturated heterocycles. The van der Waals surface area contributed by atoms with E-state index in [0.717, 1.165) is 18.4 Å². The van der Waals surface area contributed by atoms with E-state index < -0.39 is 0 Å². The first kappa shape index (κ1) is 16.2. The molecular formula is C15H23N3O2. The molecule has 1 rings (SSSR count). The summed E-state index contributed by atoms with van der Waals surface area (Å²) in [6.45, 7) is 2.47. The average Bonchev–Trinajstić information content (AvgIpc) is 2.46. The topological polar surface area (TPSA) is 84.2 Å². The van der Waals surface area contributed by atoms with Crippen LogP contribution in [0.15, 0.2) is 24.3 Å². The SMILES string of the molecule is CNC(=O)Cc1ccccc1NC(=O)C(C)CCCN. The van der Waals surface area contributed by atoms with Gasteiger partial charge in [-0.15, -0.1) is 0 Å². The Morgan fingerprint density at radius 2 is 2.00 bits per heavy atom. The maximum atomic E-state index is 12.1. The molecule has 0 saturated carbocycles. The predicted molar refractivity (Wildman–Crippen MR) is 80.3 cm³/mol. The summed E-state index contributed by atoms with van der Waals surface area (Å²) in [4.78, 5) is 23.5. The molecule has 0 radical (unpaired) electrons. The van der Waals surface area contributed by atoms with E-state index in [-0.39, 0.29) is 24.2 Å². The Balaban J connectivity index is 2.71. The van der Waals surface area contributed by atoms with Crippen LogP contribution in [0, 0.1) is 5.92 Å². The quantitative estimate of drug-likeness (QED) is 0.702. The molecule has 5 nitrogen and oxygen atoms in total. The van der Waals surface area contributed by atoms with Crippen LogP contribution in [0.4, 0.5) is 5.69 Å². The third-order valence-corrected chi connectivity index (χ3v) is 3.19. The molecule has 0 heterocycles. The van der Waals surface area contributed by atoms with Crippen molar-refractivity contribution in [3.8, 4) is 0 Å². The summed E-state index contributed by atoms with van der Waals surface area (Å²) in [5.74, 6) is -0.211. The van der Waals surface area contributed by atoms with Gasteiger partial charge in [-0.25, -0.2) is 0 Å². The van der Waals surface area contributed by atoms with Gasteiger partial charge in [0.25, 0.3) is 0 Å². The van der Waals surface area contributed by atoms with E-state index in [9.17, 15) is 9.59 Å². The highest BCUT2D eigenvalue weighted by Crippen LogP contribution is 2.17. The number of carbonyl (C=O) groups is 2. The van der Waals surface area contributed by atoms with Gasteiger partial charge < -0.3 is 16.4 Å². The minimum Gasteiger partial charge on any atom is -0.359 e. The third-order valence-electron chi connectivity index (χ3n) is 3.19. The normalized spacial score (nSPS) is 11.8. The minimum atomic E-state index is -0.0911. The Hall–Kier alpha value is -1.88. The lowest BCUT2D eigenvalue weighted by Gasteiger charge is -2.14. The number of nitrogens with two attached hydrogens (primary N) is 1. The number of hydrogen-bond donors (Lipinski definition) is 3. The lowest BCUT2D eigenvalue weighted by Crippen LogP contribution is -2.24. The Morgan fingerprint density at radius 3 is 2.65 bits per heavy atom. The number of amides is 2. The Bertz CT molecular complexity index is 460. The third kappa shape index (κ3) is 5.01. The maximum Gasteiger partial charge on any atom is 0.227 e. The molecule has 0 bridgehead atoms. The van der Waals surface area contributed by atoms with Crippen molar-refractivity contribution in [1.82, 2.24) is 5.32 Å². The zero-order valence-corrected chi connectivity index (χ0v) is 12.1. The van der Waals surface area contributed by atoms with Gasteiger partial charge in [0, 0.05) is 18.7 Å². The maximum absolute atomic E-state index is 12.1. The molecule has 110 valence electrons. The van der Waals surface area contributed by atoms with Crippen molar-refractivity contribution >= 4 is 17.5 Å². The summed E-state index contributed by atoms with van der Waals surface area (Å²) in [6, 6.07) is 7.35. The highest BCUT2D eigenvalue weighted by Gasteiger charge is 2.14. The van der Waals surface area contributed by atoms with Crippen LogP contribution < -0.4 is 16.4 Å². The molecule has 0 spiro atoms. The summed E-state index contributed by atoms with van der Waals surface area (Å²) in [7, 11) is 1.60. The molecule has 0 aliphatic carbocycles. The number of anilines is 1. The second kappa shape index (κ2) is 8.32. The number of nitrogens with one attached hydrogen (secondary N) is 2. The molecule has 1 aromatic carbocycles. The van der Waals surface area contributed by atoms with Crippen LogP contribution in [-0.2, 0) is 16.0 Å². The molecule has 2 amide bonds. The van der Waals surface area contributed by atoms with E-state index in [4.69, 9.17) is 5.73 Å². The number of rotatable bonds is 7. The van der Waals surface area contributed by atoms with Crippen LogP contribution in [0.2, 0.25) is 0 Å². The number of carbonyl (C=O) groups excluding carboxylic acids is 2. The second-order valence-corrected chi connectivity index (χ2v) is 4.83. The van der Waals surface area contributed by atoms with Crippen molar-refractivity contribution in [1.29, 1.82) is 0 Å². The molecule has 1 aromatic rings. The van der Waals surface area contributed by atoms with Crippen LogP contribution in [-0.4, -0.2) is 25.4 Å². The molecule has 0 fully saturated rings. The van der Waals surface area contributed by atoms with Gasteiger partial charge in [0.2, 0.25) is 11.8 Å². The molecule has 5 heteroatoms. The second-order valence-electron chi connectivity index (χ2n) is 4.83. The van der Waals surface area contributed by atoms with Gasteiger partial charge in [-0.05, 0) is 31.0 Å². The van der Waals surface area contributed by atoms with Gasteiger partial charge >= 0.3 is 0 Å². The number of para-hydroxylation sites is 1. The van der Waals surface area contributed by atoms with Crippen molar-refractivity contribution < 1.29 is 9.59 Å². The summed E-state index contributed by atoms with van der Waals surface area (Å²) >= 11 is 0. The lowest BCUT2D eigenvalue weighted by molar-refractivity contribution is -0.120. The van der Waals surface area contributed by atoms with Crippen LogP contribution in [0.25, 0.3) is 0 Å². The van der Waals surface area contributed by atoms with Crippen molar-refractivity contribution in [3.05, 3.63) is 29.8 Å². The van der Waals surface area contributed by atoms with Gasteiger partial charge in [-0.1, -0.05) is 25.1 Å². The summed E-state index contributed by atoms with van der Waals surface area (Å²) < 4.78 is 0. The smallest absolute Gasteiger partial charge is 0.227 e. The number of benzene rings is 1. The van der Waals surface area contributed by atoms with Crippen molar-refractivity contribution in [2.45, 2.75) is 26.2 Å². The zero-order valence-electron chi connectivity index (χ0n) is 12.1. The van der Waals surface area contributed by atoms with Crippen molar-refractivity contribution in [2.75, 3.05) is 18.9 Å². The first-order chi connectivity index (χ1) is 9.58. The number of hydrogen-bond acceptors (Lipinski definition) is 3. The molecular weight excluding hydrogens is 254 g/mol. The molecule has 4 N–H and O–H groups in total. The summed E-state index contributed by atoms with van der Waals surface area (Å²) in [6.07, 6.45) is 1.85. The molecule has 0 aliphatic heterocycles. The minimum absolute atomic E-state index is 0.0391. The molecule has 0 aromatic heterocycles. The van der Waals surface area contributed by atoms with E-state index >= 15 is 0 Å². The Labute approximate surface area is 119 Å². The van der Waals surface area contributed by atoms with Gasteiger partial charge in [-0.3, -0.25) is 9.59 Å². The standard InChI is InChI=1S/C15H23N3O2/c1-11(6-5-9-16)15(20)18-13-8-4-3-7-12(13)10-14(19)17-2/h3-4,7-8,11H,5-6,9-10,16H2,1-2H3,(H,17,19)(H,18,20). The average molecular weight is 277 g/mol. The Morgan fingerprint density at radius 1 is 1.30 bits per heavy atom. The molecule has 1 atom stereocenters. The van der Waals surface area contributed by atoms with Crippen LogP contribution in [0.1, 0.15) is 25.3 Å². The van der Waals surface area contributed by atoms with Crippen molar-refractivity contribution in [3.63, 3.8) is 0 Å². The van der Waals surface area contributed by atoms with E-state index in [2.05, 4.69) is 10.6 Å². The van der Waals surface area contributed by atoms with E-state index in [1.54, 1.807) is 7.05 Å². The first-order valence-corrected chi connectivity index (χ1v) is 6.88. The van der Waals surface area contributed by atoms with E-state index in [0.29, 0.717) is 12.2 Å². The van der Waals surface area contributed by atoms with Gasteiger partial charge in [0.05, 0.1) is 6.42 Å². The van der Waals surface area contributed by atoms with Crippen LogP contribution in [0.3, 0.4) is 0 Å². The largest absolute Gasteiger partial charge is 0.359 e. The highest BCUT2D eigenvalue weighted by atomic mass is 16.2. The molecule has 0 aliphatic rings. The Kier molecular flexibility index (Phi) is 6.73. The number of likely N-dealkylation sites (N-methyl/N-ethyl adjacent to an activating group) is 1. The fourth-order valence-electron chi connectivity index (χ4n) is 1.87. The predicted octanol–water partition coefficient (Wildman–Crippen LogP) is 1.29. The van der Waals surface area contributed by atoms with Crippen molar-refractivity contribution in [2.24, 2.45) is 11.7 Å². The van der Waals surface area contributed by atoms with Crippen LogP contribution in [0.5, 0.6) is 0 Å². The zero-order chi connectivity index (χ0) is 15.0. The van der Waals surface area contributed by atoms with Gasteiger partial charge in [-0.2, -0.15) is 0 Å². The fourth-order valence-corrected chi connectivity index (χ4v) is 1.87. The summed E-state index contributed by atoms with van der Waals surface area (Å²) in [5, 5.41) is 5.47. The molecule has 1 unspecified atom stereocenters. The fraction of sp³-hybridized carbons (Fsp3) is 0.467. The van der Waals surface area contributed by atoms with Gasteiger partial charge in [0.1, 0.15) is 0 Å². The lowest BCUT2D eigenvalue weighted by atomic mass is 10.0.